The molecule has 1 N–H and O–H groups in total. The zero-order valence-corrected chi connectivity index (χ0v) is 18.7. The van der Waals surface area contributed by atoms with Crippen LogP contribution >= 0.6 is 11.3 Å². The molecule has 0 spiro atoms. The van der Waals surface area contributed by atoms with E-state index in [1.807, 2.05) is 53.4 Å². The molecule has 3 heterocycles. The van der Waals surface area contributed by atoms with Crippen LogP contribution < -0.4 is 19.9 Å². The van der Waals surface area contributed by atoms with Gasteiger partial charge >= 0.3 is 5.69 Å². The number of ether oxygens (including phenoxy) is 1. The van der Waals surface area contributed by atoms with Gasteiger partial charge in [0.2, 0.25) is 11.6 Å². The van der Waals surface area contributed by atoms with E-state index in [9.17, 15) is 10.1 Å². The topological polar surface area (TPSA) is 110 Å². The molecule has 33 heavy (non-hydrogen) atoms. The van der Waals surface area contributed by atoms with E-state index in [0.29, 0.717) is 37.1 Å². The molecule has 0 aliphatic carbocycles. The van der Waals surface area contributed by atoms with Gasteiger partial charge < -0.3 is 19.9 Å². The molecule has 1 aliphatic heterocycles. The van der Waals surface area contributed by atoms with Crippen LogP contribution in [-0.4, -0.2) is 53.2 Å². The van der Waals surface area contributed by atoms with Crippen LogP contribution in [0.5, 0.6) is 5.75 Å². The number of hydrogen-bond donors (Lipinski definition) is 1. The molecule has 11 heteroatoms. The number of rotatable bonds is 6. The van der Waals surface area contributed by atoms with Gasteiger partial charge in [-0.25, -0.2) is 15.0 Å². The molecule has 2 aromatic heterocycles. The summed E-state index contributed by atoms with van der Waals surface area (Å²) in [5.41, 5.74) is 1.78. The number of nitro groups is 1. The predicted octanol–water partition coefficient (Wildman–Crippen LogP) is 4.07. The molecular formula is C22H21N7O3S. The number of nitrogens with one attached hydrogen (secondary N) is 1. The fourth-order valence-corrected chi connectivity index (χ4v) is 4.72. The van der Waals surface area contributed by atoms with Gasteiger partial charge in [0, 0.05) is 31.9 Å². The lowest BCUT2D eigenvalue weighted by molar-refractivity contribution is -0.383. The molecule has 5 rings (SSSR count). The first-order valence-electron chi connectivity index (χ1n) is 10.4. The molecule has 4 aromatic rings. The number of methoxy groups -OCH3 is 1. The Bertz CT molecular complexity index is 1250. The summed E-state index contributed by atoms with van der Waals surface area (Å²) >= 11 is 1.42. The van der Waals surface area contributed by atoms with Gasteiger partial charge in [-0.2, -0.15) is 0 Å². The Morgan fingerprint density at radius 1 is 1.03 bits per heavy atom. The Hall–Kier alpha value is -3.99. The van der Waals surface area contributed by atoms with Gasteiger partial charge in [-0.05, 0) is 36.4 Å². The highest BCUT2D eigenvalue weighted by Crippen LogP contribution is 2.36. The van der Waals surface area contributed by atoms with Crippen molar-refractivity contribution in [1.82, 2.24) is 15.0 Å². The molecule has 0 unspecified atom stereocenters. The molecular weight excluding hydrogens is 442 g/mol. The Balaban J connectivity index is 1.36. The normalized spacial score (nSPS) is 13.8. The smallest absolute Gasteiger partial charge is 0.353 e. The number of aromatic nitrogens is 3. The quantitative estimate of drug-likeness (QED) is 0.334. The summed E-state index contributed by atoms with van der Waals surface area (Å²) in [5, 5.41) is 15.6. The fraction of sp³-hybridized carbons (Fsp3) is 0.227. The minimum absolute atomic E-state index is 0.140. The van der Waals surface area contributed by atoms with Gasteiger partial charge in [0.15, 0.2) is 5.13 Å². The van der Waals surface area contributed by atoms with Crippen molar-refractivity contribution in [3.63, 3.8) is 0 Å². The van der Waals surface area contributed by atoms with Gasteiger partial charge in [-0.15, -0.1) is 0 Å². The zero-order valence-electron chi connectivity index (χ0n) is 17.8. The van der Waals surface area contributed by atoms with E-state index in [1.165, 1.54) is 17.7 Å². The number of piperazine rings is 1. The summed E-state index contributed by atoms with van der Waals surface area (Å²) in [5.74, 6) is 1.26. The number of thiazole rings is 1. The van der Waals surface area contributed by atoms with Gasteiger partial charge in [0.1, 0.15) is 12.1 Å². The van der Waals surface area contributed by atoms with Crippen molar-refractivity contribution in [3.8, 4) is 5.75 Å². The van der Waals surface area contributed by atoms with E-state index < -0.39 is 4.92 Å². The zero-order chi connectivity index (χ0) is 22.8. The van der Waals surface area contributed by atoms with Gasteiger partial charge in [0.25, 0.3) is 0 Å². The first-order chi connectivity index (χ1) is 16.1. The number of benzene rings is 2. The van der Waals surface area contributed by atoms with Crippen molar-refractivity contribution in [2.24, 2.45) is 0 Å². The van der Waals surface area contributed by atoms with Crippen LogP contribution in [0, 0.1) is 10.1 Å². The maximum Gasteiger partial charge on any atom is 0.353 e. The van der Waals surface area contributed by atoms with Gasteiger partial charge in [0.05, 0.1) is 22.2 Å². The van der Waals surface area contributed by atoms with E-state index in [2.05, 4.69) is 25.2 Å². The SMILES string of the molecule is COc1ccc(N2CCN(c3ncnc(Nc4nc5ccccc5s4)c3[N+](=O)[O-])CC2)cc1. The van der Waals surface area contributed by atoms with E-state index in [0.717, 1.165) is 21.7 Å². The number of para-hydroxylation sites is 1. The van der Waals surface area contributed by atoms with Crippen molar-refractivity contribution >= 4 is 49.7 Å². The standard InChI is InChI=1S/C22H21N7O3S/c1-32-16-8-6-15(7-9-16)27-10-12-28(13-11-27)21-19(29(30)31)20(23-14-24-21)26-22-25-17-4-2-3-5-18(17)33-22/h2-9,14H,10-13H2,1H3,(H,23,24,25,26). The van der Waals surface area contributed by atoms with Crippen LogP contribution in [0.15, 0.2) is 54.9 Å². The average Bonchev–Trinajstić information content (AvgIpc) is 3.26. The molecule has 1 saturated heterocycles. The van der Waals surface area contributed by atoms with Gasteiger partial charge in [-0.1, -0.05) is 23.5 Å². The Kier molecular flexibility index (Phi) is 5.61. The predicted molar refractivity (Wildman–Crippen MR) is 129 cm³/mol. The summed E-state index contributed by atoms with van der Waals surface area (Å²) < 4.78 is 6.22. The molecule has 0 bridgehead atoms. The van der Waals surface area contributed by atoms with Crippen LogP contribution in [0.25, 0.3) is 10.2 Å². The van der Waals surface area contributed by atoms with Crippen LogP contribution in [0.1, 0.15) is 0 Å². The molecule has 1 fully saturated rings. The highest BCUT2D eigenvalue weighted by atomic mass is 32.1. The fourth-order valence-electron chi connectivity index (χ4n) is 3.86. The Morgan fingerprint density at radius 3 is 2.45 bits per heavy atom. The first-order valence-corrected chi connectivity index (χ1v) is 11.2. The first kappa shape index (κ1) is 20.9. The van der Waals surface area contributed by atoms with Crippen molar-refractivity contribution < 1.29 is 9.66 Å². The second kappa shape index (κ2) is 8.87. The van der Waals surface area contributed by atoms with E-state index >= 15 is 0 Å². The summed E-state index contributed by atoms with van der Waals surface area (Å²) in [6.45, 7) is 2.64. The van der Waals surface area contributed by atoms with Crippen LogP contribution in [-0.2, 0) is 0 Å². The van der Waals surface area contributed by atoms with E-state index in [4.69, 9.17) is 4.74 Å². The lowest BCUT2D eigenvalue weighted by Crippen LogP contribution is -2.47. The molecule has 0 atom stereocenters. The maximum atomic E-state index is 12.0. The molecule has 0 saturated carbocycles. The average molecular weight is 464 g/mol. The lowest BCUT2D eigenvalue weighted by atomic mass is 10.2. The van der Waals surface area contributed by atoms with Crippen LogP contribution in [0.3, 0.4) is 0 Å². The van der Waals surface area contributed by atoms with Crippen molar-refractivity contribution in [1.29, 1.82) is 0 Å². The molecule has 0 amide bonds. The number of fused-ring (bicyclic) bond motifs is 1. The second-order valence-electron chi connectivity index (χ2n) is 7.44. The van der Waals surface area contributed by atoms with Crippen LogP contribution in [0.2, 0.25) is 0 Å². The third kappa shape index (κ3) is 4.22. The molecule has 1 aliphatic rings. The summed E-state index contributed by atoms with van der Waals surface area (Å²) in [6.07, 6.45) is 1.35. The number of anilines is 4. The maximum absolute atomic E-state index is 12.0. The summed E-state index contributed by atoms with van der Waals surface area (Å²) in [4.78, 5) is 28.7. The monoisotopic (exact) mass is 463 g/mol. The summed E-state index contributed by atoms with van der Waals surface area (Å²) in [7, 11) is 1.64. The summed E-state index contributed by atoms with van der Waals surface area (Å²) in [6, 6.07) is 15.6. The van der Waals surface area contributed by atoms with E-state index in [-0.39, 0.29) is 11.5 Å². The van der Waals surface area contributed by atoms with Crippen LogP contribution in [0.4, 0.5) is 28.1 Å². The Labute approximate surface area is 193 Å². The van der Waals surface area contributed by atoms with Crippen molar-refractivity contribution in [2.45, 2.75) is 0 Å². The molecule has 0 radical (unpaired) electrons. The lowest BCUT2D eigenvalue weighted by Gasteiger charge is -2.36. The minimum atomic E-state index is -0.430. The molecule has 2 aromatic carbocycles. The third-order valence-electron chi connectivity index (χ3n) is 5.52. The molecule has 168 valence electrons. The van der Waals surface area contributed by atoms with Gasteiger partial charge in [-0.3, -0.25) is 10.1 Å². The number of nitrogens with zero attached hydrogens (tertiary/aromatic N) is 6. The molecule has 10 nitrogen and oxygen atoms in total. The van der Waals surface area contributed by atoms with E-state index in [1.54, 1.807) is 7.11 Å². The highest BCUT2D eigenvalue weighted by molar-refractivity contribution is 7.22. The van der Waals surface area contributed by atoms with Crippen molar-refractivity contribution in [3.05, 3.63) is 65.0 Å². The number of hydrogen-bond acceptors (Lipinski definition) is 10. The van der Waals surface area contributed by atoms with Crippen molar-refractivity contribution in [2.75, 3.05) is 48.4 Å². The second-order valence-corrected chi connectivity index (χ2v) is 8.47. The Morgan fingerprint density at radius 2 is 1.76 bits per heavy atom. The third-order valence-corrected chi connectivity index (χ3v) is 6.47. The minimum Gasteiger partial charge on any atom is -0.497 e. The largest absolute Gasteiger partial charge is 0.497 e. The highest BCUT2D eigenvalue weighted by Gasteiger charge is 2.30.